The van der Waals surface area contributed by atoms with Crippen molar-refractivity contribution in [2.24, 2.45) is 5.92 Å². The molecule has 150 valence electrons. The minimum atomic E-state index is -3.18. The molecule has 0 bridgehead atoms. The Kier molecular flexibility index (Phi) is 4.96. The highest BCUT2D eigenvalue weighted by atomic mass is 35.5. The first-order valence-corrected chi connectivity index (χ1v) is 9.37. The van der Waals surface area contributed by atoms with E-state index >= 15 is 0 Å². The van der Waals surface area contributed by atoms with Gasteiger partial charge in [-0.3, -0.25) is 9.59 Å². The maximum atomic E-state index is 14.3. The summed E-state index contributed by atoms with van der Waals surface area (Å²) >= 11 is 5.81. The number of carbonyl (C=O) groups is 2. The van der Waals surface area contributed by atoms with Gasteiger partial charge in [-0.2, -0.15) is 0 Å². The maximum Gasteiger partial charge on any atom is 0.289 e. The highest BCUT2D eigenvalue weighted by Gasteiger charge is 2.45. The fraction of sp³-hybridized carbons (Fsp3) is 0.250. The molecule has 29 heavy (non-hydrogen) atoms. The van der Waals surface area contributed by atoms with Gasteiger partial charge in [-0.15, -0.1) is 0 Å². The molecule has 0 radical (unpaired) electrons. The van der Waals surface area contributed by atoms with Crippen molar-refractivity contribution in [3.8, 4) is 0 Å². The van der Waals surface area contributed by atoms with E-state index in [1.54, 1.807) is 48.5 Å². The monoisotopic (exact) mass is 418 g/mol. The molecule has 1 atom stereocenters. The fourth-order valence-electron chi connectivity index (χ4n) is 3.41. The number of hydrogen-bond acceptors (Lipinski definition) is 3. The third-order valence-electron chi connectivity index (χ3n) is 4.77. The summed E-state index contributed by atoms with van der Waals surface area (Å²) in [5.74, 6) is -5.50. The van der Waals surface area contributed by atoms with E-state index in [4.69, 9.17) is 11.6 Å². The Bertz CT molecular complexity index is 1030. The number of nitrogens with one attached hydrogen (secondary N) is 2. The number of nitrogens with zero attached hydrogens (tertiary/aromatic N) is 2. The Morgan fingerprint density at radius 2 is 1.90 bits per heavy atom. The number of aromatic nitrogens is 2. The van der Waals surface area contributed by atoms with Crippen molar-refractivity contribution in [1.29, 1.82) is 0 Å². The van der Waals surface area contributed by atoms with Crippen molar-refractivity contribution in [1.82, 2.24) is 14.9 Å². The van der Waals surface area contributed by atoms with Crippen LogP contribution in [-0.2, 0) is 4.79 Å². The molecule has 1 aliphatic heterocycles. The van der Waals surface area contributed by atoms with Gasteiger partial charge in [-0.05, 0) is 36.4 Å². The van der Waals surface area contributed by atoms with Gasteiger partial charge in [-0.25, -0.2) is 13.8 Å². The number of aromatic amines is 1. The third kappa shape index (κ3) is 4.22. The third-order valence-corrected chi connectivity index (χ3v) is 5.02. The van der Waals surface area contributed by atoms with E-state index < -0.39 is 36.6 Å². The summed E-state index contributed by atoms with van der Waals surface area (Å²) in [6, 6.07) is 13.3. The predicted molar refractivity (Wildman–Crippen MR) is 105 cm³/mol. The number of anilines is 1. The normalized spacial score (nSPS) is 18.6. The van der Waals surface area contributed by atoms with E-state index in [1.807, 2.05) is 0 Å². The molecule has 4 rings (SSSR count). The van der Waals surface area contributed by atoms with Gasteiger partial charge in [0.2, 0.25) is 5.91 Å². The van der Waals surface area contributed by atoms with Crippen LogP contribution in [0.25, 0.3) is 11.0 Å². The van der Waals surface area contributed by atoms with Crippen LogP contribution in [0, 0.1) is 5.92 Å². The summed E-state index contributed by atoms with van der Waals surface area (Å²) in [6.07, 6.45) is -0.629. The van der Waals surface area contributed by atoms with Crippen molar-refractivity contribution in [3.05, 3.63) is 59.4 Å². The average molecular weight is 419 g/mol. The van der Waals surface area contributed by atoms with Crippen molar-refractivity contribution >= 4 is 40.1 Å². The number of benzene rings is 2. The van der Waals surface area contributed by atoms with E-state index in [-0.39, 0.29) is 12.4 Å². The Labute approximate surface area is 169 Å². The molecule has 2 amide bonds. The number of alkyl halides is 2. The smallest absolute Gasteiger partial charge is 0.289 e. The Morgan fingerprint density at radius 1 is 1.17 bits per heavy atom. The van der Waals surface area contributed by atoms with Crippen molar-refractivity contribution < 1.29 is 18.4 Å². The number of imidazole rings is 1. The van der Waals surface area contributed by atoms with Gasteiger partial charge in [0.25, 0.3) is 11.8 Å². The van der Waals surface area contributed by atoms with Crippen molar-refractivity contribution in [2.45, 2.75) is 12.3 Å². The van der Waals surface area contributed by atoms with Crippen LogP contribution < -0.4 is 5.32 Å². The molecule has 1 saturated heterocycles. The molecule has 0 spiro atoms. The molecule has 1 fully saturated rings. The van der Waals surface area contributed by atoms with Crippen LogP contribution in [0.2, 0.25) is 5.02 Å². The molecule has 6 nitrogen and oxygen atoms in total. The van der Waals surface area contributed by atoms with Gasteiger partial charge < -0.3 is 15.2 Å². The molecule has 2 heterocycles. The van der Waals surface area contributed by atoms with E-state index in [2.05, 4.69) is 15.3 Å². The standard InChI is InChI=1S/C20H17ClF2N4O2/c21-13-5-7-14(8-6-13)24-18(28)12-9-20(22,23)11-27(10-12)19(29)17-25-15-3-1-2-4-16(15)26-17/h1-8,12H,9-11H2,(H,24,28)(H,25,26). The van der Waals surface area contributed by atoms with Crippen LogP contribution >= 0.6 is 11.6 Å². The van der Waals surface area contributed by atoms with Crippen LogP contribution in [-0.4, -0.2) is 45.7 Å². The van der Waals surface area contributed by atoms with Crippen molar-refractivity contribution in [3.63, 3.8) is 0 Å². The number of halogens is 3. The van der Waals surface area contributed by atoms with Gasteiger partial charge in [0.15, 0.2) is 5.82 Å². The molecule has 1 aliphatic rings. The lowest BCUT2D eigenvalue weighted by atomic mass is 9.94. The molecule has 1 aromatic heterocycles. The number of H-pyrrole nitrogens is 1. The van der Waals surface area contributed by atoms with Gasteiger partial charge >= 0.3 is 0 Å². The second kappa shape index (κ2) is 7.44. The zero-order valence-electron chi connectivity index (χ0n) is 15.2. The first-order chi connectivity index (χ1) is 13.8. The zero-order chi connectivity index (χ0) is 20.6. The van der Waals surface area contributed by atoms with Gasteiger partial charge in [0.05, 0.1) is 23.5 Å². The molecule has 1 unspecified atom stereocenters. The number of carbonyl (C=O) groups excluding carboxylic acids is 2. The molecule has 9 heteroatoms. The number of fused-ring (bicyclic) bond motifs is 1. The number of piperidine rings is 1. The number of hydrogen-bond donors (Lipinski definition) is 2. The van der Waals surface area contributed by atoms with E-state index in [0.29, 0.717) is 21.7 Å². The van der Waals surface area contributed by atoms with Crippen LogP contribution in [0.1, 0.15) is 17.0 Å². The fourth-order valence-corrected chi connectivity index (χ4v) is 3.54. The molecular weight excluding hydrogens is 402 g/mol. The Morgan fingerprint density at radius 3 is 2.62 bits per heavy atom. The lowest BCUT2D eigenvalue weighted by Crippen LogP contribution is -2.52. The molecule has 0 saturated carbocycles. The Balaban J connectivity index is 1.52. The van der Waals surface area contributed by atoms with Crippen molar-refractivity contribution in [2.75, 3.05) is 18.4 Å². The highest BCUT2D eigenvalue weighted by Crippen LogP contribution is 2.32. The molecule has 2 N–H and O–H groups in total. The topological polar surface area (TPSA) is 78.1 Å². The quantitative estimate of drug-likeness (QED) is 0.676. The van der Waals surface area contributed by atoms with Crippen LogP contribution in [0.5, 0.6) is 0 Å². The summed E-state index contributed by atoms with van der Waals surface area (Å²) < 4.78 is 28.6. The van der Waals surface area contributed by atoms with Gasteiger partial charge in [0, 0.05) is 23.7 Å². The number of amides is 2. The van der Waals surface area contributed by atoms with Gasteiger partial charge in [0.1, 0.15) is 0 Å². The molecule has 3 aromatic rings. The first-order valence-electron chi connectivity index (χ1n) is 8.99. The predicted octanol–water partition coefficient (Wildman–Crippen LogP) is 3.95. The molecule has 2 aromatic carbocycles. The maximum absolute atomic E-state index is 14.3. The summed E-state index contributed by atoms with van der Waals surface area (Å²) in [6.45, 7) is -0.876. The second-order valence-corrected chi connectivity index (χ2v) is 7.48. The molecular formula is C20H17ClF2N4O2. The van der Waals surface area contributed by atoms with Gasteiger partial charge in [-0.1, -0.05) is 23.7 Å². The highest BCUT2D eigenvalue weighted by molar-refractivity contribution is 6.30. The zero-order valence-corrected chi connectivity index (χ0v) is 15.9. The number of rotatable bonds is 3. The largest absolute Gasteiger partial charge is 0.334 e. The van der Waals surface area contributed by atoms with Crippen LogP contribution in [0.3, 0.4) is 0 Å². The number of para-hydroxylation sites is 2. The first kappa shape index (κ1) is 19.3. The summed E-state index contributed by atoms with van der Waals surface area (Å²) in [5, 5.41) is 3.10. The lowest BCUT2D eigenvalue weighted by Gasteiger charge is -2.36. The SMILES string of the molecule is O=C(Nc1ccc(Cl)cc1)C1CN(C(=O)c2nc3ccccc3[nH]2)CC(F)(F)C1. The van der Waals surface area contributed by atoms with Crippen LogP contribution in [0.15, 0.2) is 48.5 Å². The Hall–Kier alpha value is -3.00. The van der Waals surface area contributed by atoms with E-state index in [1.165, 1.54) is 0 Å². The second-order valence-electron chi connectivity index (χ2n) is 7.04. The summed E-state index contributed by atoms with van der Waals surface area (Å²) in [5.41, 5.74) is 1.65. The minimum absolute atomic E-state index is 0.0271. The average Bonchev–Trinajstić information content (AvgIpc) is 3.12. The molecule has 0 aliphatic carbocycles. The lowest BCUT2D eigenvalue weighted by molar-refractivity contribution is -0.130. The summed E-state index contributed by atoms with van der Waals surface area (Å²) in [4.78, 5) is 33.3. The van der Waals surface area contributed by atoms with Crippen LogP contribution in [0.4, 0.5) is 14.5 Å². The minimum Gasteiger partial charge on any atom is -0.334 e. The van der Waals surface area contributed by atoms with E-state index in [9.17, 15) is 18.4 Å². The van der Waals surface area contributed by atoms with E-state index in [0.717, 1.165) is 4.90 Å². The summed E-state index contributed by atoms with van der Waals surface area (Å²) in [7, 11) is 0. The number of likely N-dealkylation sites (tertiary alicyclic amines) is 1.